The second-order valence-corrected chi connectivity index (χ2v) is 5.51. The molecule has 0 spiro atoms. The molecule has 0 unspecified atom stereocenters. The lowest BCUT2D eigenvalue weighted by Crippen LogP contribution is -2.49. The van der Waals surface area contributed by atoms with Gasteiger partial charge in [-0.05, 0) is 40.2 Å². The minimum Gasteiger partial charge on any atom is -0.459 e. The average molecular weight is 336 g/mol. The quantitative estimate of drug-likeness (QED) is 0.845. The highest BCUT2D eigenvalue weighted by Gasteiger charge is 2.24. The summed E-state index contributed by atoms with van der Waals surface area (Å²) in [6, 6.07) is 7.39. The Morgan fingerprint density at radius 3 is 2.60 bits per heavy atom. The molecule has 1 fully saturated rings. The summed E-state index contributed by atoms with van der Waals surface area (Å²) in [4.78, 5) is 20.5. The lowest BCUT2D eigenvalue weighted by atomic mass is 10.2. The average Bonchev–Trinajstić information content (AvgIpc) is 3.02. The number of halogens is 1. The molecule has 2 aromatic heterocycles. The molecule has 0 saturated carbocycles. The highest BCUT2D eigenvalue weighted by Crippen LogP contribution is 2.17. The topological polar surface area (TPSA) is 49.6 Å². The number of hydrogen-bond acceptors (Lipinski definition) is 4. The van der Waals surface area contributed by atoms with Crippen LogP contribution in [0.25, 0.3) is 0 Å². The Kier molecular flexibility index (Phi) is 3.73. The number of nitrogens with zero attached hydrogens (tertiary/aromatic N) is 3. The van der Waals surface area contributed by atoms with Gasteiger partial charge in [0.2, 0.25) is 0 Å². The van der Waals surface area contributed by atoms with E-state index in [0.717, 1.165) is 23.4 Å². The molecule has 1 saturated heterocycles. The van der Waals surface area contributed by atoms with Gasteiger partial charge in [0, 0.05) is 36.8 Å². The van der Waals surface area contributed by atoms with Crippen LogP contribution in [-0.2, 0) is 0 Å². The molecule has 0 atom stereocenters. The van der Waals surface area contributed by atoms with Crippen molar-refractivity contribution in [1.82, 2.24) is 9.88 Å². The van der Waals surface area contributed by atoms with Crippen molar-refractivity contribution < 1.29 is 9.21 Å². The Bertz CT molecular complexity index is 575. The predicted molar refractivity (Wildman–Crippen MR) is 78.8 cm³/mol. The van der Waals surface area contributed by atoms with Crippen LogP contribution in [0.4, 0.5) is 5.82 Å². The number of carbonyl (C=O) groups excluding carboxylic acids is 1. The fourth-order valence-electron chi connectivity index (χ4n) is 2.25. The number of furan rings is 1. The summed E-state index contributed by atoms with van der Waals surface area (Å²) in [6.45, 7) is 2.91. The van der Waals surface area contributed by atoms with Crippen molar-refractivity contribution in [3.63, 3.8) is 0 Å². The summed E-state index contributed by atoms with van der Waals surface area (Å²) in [5.74, 6) is 1.30. The Hall–Kier alpha value is -1.82. The summed E-state index contributed by atoms with van der Waals surface area (Å²) in [7, 11) is 0. The molecule has 2 aromatic rings. The van der Waals surface area contributed by atoms with E-state index >= 15 is 0 Å². The second kappa shape index (κ2) is 5.66. The highest BCUT2D eigenvalue weighted by molar-refractivity contribution is 9.10. The lowest BCUT2D eigenvalue weighted by Gasteiger charge is -2.35. The van der Waals surface area contributed by atoms with Gasteiger partial charge in [-0.15, -0.1) is 0 Å². The SMILES string of the molecule is O=C(c1ccco1)N1CCN(c2ccc(Br)cn2)CC1. The van der Waals surface area contributed by atoms with Gasteiger partial charge in [0.05, 0.1) is 6.26 Å². The molecule has 20 heavy (non-hydrogen) atoms. The van der Waals surface area contributed by atoms with Gasteiger partial charge < -0.3 is 14.2 Å². The van der Waals surface area contributed by atoms with E-state index in [1.54, 1.807) is 18.3 Å². The molecule has 1 aliphatic rings. The number of piperazine rings is 1. The van der Waals surface area contributed by atoms with Crippen LogP contribution in [0.5, 0.6) is 0 Å². The highest BCUT2D eigenvalue weighted by atomic mass is 79.9. The zero-order valence-electron chi connectivity index (χ0n) is 10.8. The number of rotatable bonds is 2. The Morgan fingerprint density at radius 1 is 1.20 bits per heavy atom. The van der Waals surface area contributed by atoms with Crippen LogP contribution in [0, 0.1) is 0 Å². The van der Waals surface area contributed by atoms with Gasteiger partial charge in [-0.25, -0.2) is 4.98 Å². The standard InChI is InChI=1S/C14H14BrN3O2/c15-11-3-4-13(16-10-11)17-5-7-18(8-6-17)14(19)12-2-1-9-20-12/h1-4,9-10H,5-8H2. The van der Waals surface area contributed by atoms with Crippen molar-refractivity contribution in [1.29, 1.82) is 0 Å². The van der Waals surface area contributed by atoms with Gasteiger partial charge in [0.25, 0.3) is 5.91 Å². The summed E-state index contributed by atoms with van der Waals surface area (Å²) in [5.41, 5.74) is 0. The van der Waals surface area contributed by atoms with Gasteiger partial charge in [-0.3, -0.25) is 4.79 Å². The van der Waals surface area contributed by atoms with E-state index < -0.39 is 0 Å². The van der Waals surface area contributed by atoms with E-state index in [9.17, 15) is 4.79 Å². The second-order valence-electron chi connectivity index (χ2n) is 4.59. The van der Waals surface area contributed by atoms with Gasteiger partial charge in [0.15, 0.2) is 5.76 Å². The van der Waals surface area contributed by atoms with Crippen molar-refractivity contribution in [3.05, 3.63) is 47.0 Å². The van der Waals surface area contributed by atoms with E-state index in [1.807, 2.05) is 17.0 Å². The van der Waals surface area contributed by atoms with E-state index in [1.165, 1.54) is 6.26 Å². The predicted octanol–water partition coefficient (Wildman–Crippen LogP) is 2.40. The van der Waals surface area contributed by atoms with E-state index in [0.29, 0.717) is 18.8 Å². The lowest BCUT2D eigenvalue weighted by molar-refractivity contribution is 0.0714. The molecule has 3 heterocycles. The molecule has 6 heteroatoms. The van der Waals surface area contributed by atoms with Gasteiger partial charge in [0.1, 0.15) is 5.82 Å². The van der Waals surface area contributed by atoms with Gasteiger partial charge >= 0.3 is 0 Å². The summed E-state index contributed by atoms with van der Waals surface area (Å²) >= 11 is 3.38. The van der Waals surface area contributed by atoms with Crippen molar-refractivity contribution in [2.45, 2.75) is 0 Å². The Labute approximate surface area is 125 Å². The summed E-state index contributed by atoms with van der Waals surface area (Å²) < 4.78 is 6.12. The first kappa shape index (κ1) is 13.2. The zero-order valence-corrected chi connectivity index (χ0v) is 12.4. The number of hydrogen-bond donors (Lipinski definition) is 0. The first-order chi connectivity index (χ1) is 9.74. The molecule has 0 radical (unpaired) electrons. The molecule has 1 aliphatic heterocycles. The first-order valence-corrected chi connectivity index (χ1v) is 7.22. The molecule has 0 aromatic carbocycles. The number of anilines is 1. The maximum Gasteiger partial charge on any atom is 0.289 e. The fraction of sp³-hybridized carbons (Fsp3) is 0.286. The monoisotopic (exact) mass is 335 g/mol. The van der Waals surface area contributed by atoms with E-state index in [4.69, 9.17) is 4.42 Å². The van der Waals surface area contributed by atoms with Crippen LogP contribution in [0.2, 0.25) is 0 Å². The van der Waals surface area contributed by atoms with Crippen molar-refractivity contribution in [2.24, 2.45) is 0 Å². The first-order valence-electron chi connectivity index (χ1n) is 6.43. The maximum atomic E-state index is 12.1. The van der Waals surface area contributed by atoms with Crippen LogP contribution in [0.1, 0.15) is 10.6 Å². The van der Waals surface area contributed by atoms with Crippen LogP contribution >= 0.6 is 15.9 Å². The van der Waals surface area contributed by atoms with Crippen molar-refractivity contribution in [3.8, 4) is 0 Å². The number of carbonyl (C=O) groups is 1. The van der Waals surface area contributed by atoms with Crippen LogP contribution < -0.4 is 4.90 Å². The minimum absolute atomic E-state index is 0.0431. The van der Waals surface area contributed by atoms with Crippen LogP contribution in [-0.4, -0.2) is 42.0 Å². The molecule has 1 amide bonds. The molecular weight excluding hydrogens is 322 g/mol. The molecule has 0 bridgehead atoms. The summed E-state index contributed by atoms with van der Waals surface area (Å²) in [6.07, 6.45) is 3.31. The van der Waals surface area contributed by atoms with Crippen molar-refractivity contribution >= 4 is 27.7 Å². The fourth-order valence-corrected chi connectivity index (χ4v) is 2.48. The van der Waals surface area contributed by atoms with Gasteiger partial charge in [-0.2, -0.15) is 0 Å². The molecule has 0 N–H and O–H groups in total. The molecule has 5 nitrogen and oxygen atoms in total. The molecule has 0 aliphatic carbocycles. The third kappa shape index (κ3) is 2.70. The Morgan fingerprint density at radius 2 is 2.00 bits per heavy atom. The summed E-state index contributed by atoms with van der Waals surface area (Å²) in [5, 5.41) is 0. The molecular formula is C14H14BrN3O2. The largest absolute Gasteiger partial charge is 0.459 e. The molecule has 104 valence electrons. The Balaban J connectivity index is 1.62. The van der Waals surface area contributed by atoms with E-state index in [-0.39, 0.29) is 5.91 Å². The molecule has 3 rings (SSSR count). The van der Waals surface area contributed by atoms with Crippen LogP contribution in [0.3, 0.4) is 0 Å². The van der Waals surface area contributed by atoms with Crippen molar-refractivity contribution in [2.75, 3.05) is 31.1 Å². The zero-order chi connectivity index (χ0) is 13.9. The number of amides is 1. The minimum atomic E-state index is -0.0431. The van der Waals surface area contributed by atoms with Gasteiger partial charge in [-0.1, -0.05) is 0 Å². The van der Waals surface area contributed by atoms with Crippen LogP contribution in [0.15, 0.2) is 45.6 Å². The number of aromatic nitrogens is 1. The normalized spacial score (nSPS) is 15.4. The third-order valence-electron chi connectivity index (χ3n) is 3.33. The third-order valence-corrected chi connectivity index (χ3v) is 3.80. The maximum absolute atomic E-state index is 12.1. The number of pyridine rings is 1. The smallest absolute Gasteiger partial charge is 0.289 e. The van der Waals surface area contributed by atoms with E-state index in [2.05, 4.69) is 25.8 Å².